The monoisotopic (exact) mass is 439 g/mol. The van der Waals surface area contributed by atoms with Gasteiger partial charge in [-0.05, 0) is 67.3 Å². The molecule has 0 spiro atoms. The Morgan fingerprint density at radius 1 is 1.13 bits per heavy atom. The molecule has 1 amide bonds. The summed E-state index contributed by atoms with van der Waals surface area (Å²) in [5.41, 5.74) is 3.56. The van der Waals surface area contributed by atoms with Gasteiger partial charge < -0.3 is 10.1 Å². The van der Waals surface area contributed by atoms with Crippen molar-refractivity contribution >= 4 is 23.5 Å². The lowest BCUT2D eigenvalue weighted by Crippen LogP contribution is -2.25. The molecular formula is C24H26ClN3O3. The van der Waals surface area contributed by atoms with Crippen molar-refractivity contribution in [1.29, 1.82) is 0 Å². The largest absolute Gasteiger partial charge is 0.461 e. The number of hydrogen-bond acceptors (Lipinski definition) is 4. The summed E-state index contributed by atoms with van der Waals surface area (Å²) in [5.74, 6) is -0.436. The third-order valence-corrected chi connectivity index (χ3v) is 5.01. The molecule has 3 rings (SSSR count). The summed E-state index contributed by atoms with van der Waals surface area (Å²) < 4.78 is 6.78. The third kappa shape index (κ3) is 5.73. The van der Waals surface area contributed by atoms with Gasteiger partial charge in [-0.1, -0.05) is 37.6 Å². The van der Waals surface area contributed by atoms with E-state index >= 15 is 0 Å². The predicted molar refractivity (Wildman–Crippen MR) is 121 cm³/mol. The second kappa shape index (κ2) is 10.3. The van der Waals surface area contributed by atoms with E-state index in [0.29, 0.717) is 30.2 Å². The Kier molecular flexibility index (Phi) is 7.47. The maximum atomic E-state index is 12.5. The van der Waals surface area contributed by atoms with Gasteiger partial charge in [-0.15, -0.1) is 0 Å². The lowest BCUT2D eigenvalue weighted by atomic mass is 10.1. The molecule has 0 fully saturated rings. The van der Waals surface area contributed by atoms with Crippen LogP contribution in [0.3, 0.4) is 0 Å². The van der Waals surface area contributed by atoms with Crippen molar-refractivity contribution < 1.29 is 14.3 Å². The van der Waals surface area contributed by atoms with Gasteiger partial charge in [0.25, 0.3) is 5.91 Å². The van der Waals surface area contributed by atoms with Gasteiger partial charge in [-0.25, -0.2) is 9.48 Å². The number of carbonyl (C=O) groups is 2. The number of aromatic nitrogens is 2. The first-order valence-electron chi connectivity index (χ1n) is 10.3. The Bertz CT molecular complexity index is 1060. The lowest BCUT2D eigenvalue weighted by Gasteiger charge is -2.11. The number of esters is 1. The van der Waals surface area contributed by atoms with Crippen LogP contribution in [-0.2, 0) is 11.2 Å². The standard InChI is InChI=1S/C24H26ClN3O3/c1-4-31-24(30)21-15-22(16(2)3)28(27-21)20-10-8-18(9-11-20)23(29)26-13-12-17-6-5-7-19(25)14-17/h5-11,14-16H,4,12-13H2,1-3H3,(H,26,29). The molecule has 0 atom stereocenters. The molecule has 3 aromatic rings. The van der Waals surface area contributed by atoms with Crippen LogP contribution in [0, 0.1) is 0 Å². The van der Waals surface area contributed by atoms with Crippen LogP contribution in [-0.4, -0.2) is 34.8 Å². The van der Waals surface area contributed by atoms with E-state index in [2.05, 4.69) is 10.4 Å². The fourth-order valence-electron chi connectivity index (χ4n) is 3.19. The zero-order valence-electron chi connectivity index (χ0n) is 17.9. The van der Waals surface area contributed by atoms with Crippen LogP contribution in [0.4, 0.5) is 0 Å². The van der Waals surface area contributed by atoms with Crippen LogP contribution in [0.2, 0.25) is 5.02 Å². The fraction of sp³-hybridized carbons (Fsp3) is 0.292. The SMILES string of the molecule is CCOC(=O)c1cc(C(C)C)n(-c2ccc(C(=O)NCCc3cccc(Cl)c3)cc2)n1. The van der Waals surface area contributed by atoms with E-state index < -0.39 is 5.97 Å². The quantitative estimate of drug-likeness (QED) is 0.512. The Morgan fingerprint density at radius 3 is 2.52 bits per heavy atom. The molecule has 0 radical (unpaired) electrons. The summed E-state index contributed by atoms with van der Waals surface area (Å²) >= 11 is 5.99. The van der Waals surface area contributed by atoms with Gasteiger partial charge >= 0.3 is 5.97 Å². The zero-order chi connectivity index (χ0) is 22.4. The minimum Gasteiger partial charge on any atom is -0.461 e. The minimum absolute atomic E-state index is 0.148. The highest BCUT2D eigenvalue weighted by Crippen LogP contribution is 2.21. The molecule has 7 heteroatoms. The molecule has 0 bridgehead atoms. The average molecular weight is 440 g/mol. The van der Waals surface area contributed by atoms with Gasteiger partial charge in [0.15, 0.2) is 5.69 Å². The van der Waals surface area contributed by atoms with Gasteiger partial charge in [0.05, 0.1) is 12.3 Å². The maximum absolute atomic E-state index is 12.5. The fourth-order valence-corrected chi connectivity index (χ4v) is 3.40. The Balaban J connectivity index is 1.69. The molecule has 162 valence electrons. The highest BCUT2D eigenvalue weighted by Gasteiger charge is 2.18. The Morgan fingerprint density at radius 2 is 1.87 bits per heavy atom. The van der Waals surface area contributed by atoms with E-state index in [1.807, 2.05) is 50.2 Å². The first kappa shape index (κ1) is 22.6. The van der Waals surface area contributed by atoms with Gasteiger partial charge in [0.1, 0.15) is 0 Å². The van der Waals surface area contributed by atoms with Crippen molar-refractivity contribution in [3.8, 4) is 5.69 Å². The van der Waals surface area contributed by atoms with E-state index in [-0.39, 0.29) is 17.5 Å². The number of benzene rings is 2. The third-order valence-electron chi connectivity index (χ3n) is 4.78. The molecule has 2 aromatic carbocycles. The molecule has 0 unspecified atom stereocenters. The van der Waals surface area contributed by atoms with Gasteiger partial charge in [0.2, 0.25) is 0 Å². The second-order valence-corrected chi connectivity index (χ2v) is 7.86. The molecule has 1 N–H and O–H groups in total. The molecule has 0 aliphatic carbocycles. The molecule has 1 heterocycles. The van der Waals surface area contributed by atoms with E-state index in [9.17, 15) is 9.59 Å². The van der Waals surface area contributed by atoms with Crippen LogP contribution in [0.1, 0.15) is 58.8 Å². The summed E-state index contributed by atoms with van der Waals surface area (Å²) in [6.45, 7) is 6.63. The van der Waals surface area contributed by atoms with Crippen LogP contribution in [0.15, 0.2) is 54.6 Å². The minimum atomic E-state index is -0.446. The first-order chi connectivity index (χ1) is 14.9. The highest BCUT2D eigenvalue weighted by atomic mass is 35.5. The molecule has 6 nitrogen and oxygen atoms in total. The van der Waals surface area contributed by atoms with E-state index in [1.165, 1.54) is 0 Å². The van der Waals surface area contributed by atoms with Gasteiger partial charge in [-0.3, -0.25) is 4.79 Å². The molecule has 0 saturated carbocycles. The number of nitrogens with zero attached hydrogens (tertiary/aromatic N) is 2. The van der Waals surface area contributed by atoms with Gasteiger partial charge in [0, 0.05) is 22.8 Å². The lowest BCUT2D eigenvalue weighted by molar-refractivity contribution is 0.0518. The number of amides is 1. The summed E-state index contributed by atoms with van der Waals surface area (Å²) in [6, 6.07) is 16.5. The molecule has 0 aliphatic rings. The van der Waals surface area contributed by atoms with Crippen LogP contribution in [0.25, 0.3) is 5.69 Å². The number of rotatable bonds is 8. The summed E-state index contributed by atoms with van der Waals surface area (Å²) in [6.07, 6.45) is 0.700. The number of ether oxygens (including phenoxy) is 1. The van der Waals surface area contributed by atoms with Crippen molar-refractivity contribution in [1.82, 2.24) is 15.1 Å². The molecular weight excluding hydrogens is 414 g/mol. The van der Waals surface area contributed by atoms with Crippen molar-refractivity contribution in [3.05, 3.63) is 82.1 Å². The van der Waals surface area contributed by atoms with E-state index in [1.54, 1.807) is 29.8 Å². The normalized spacial score (nSPS) is 10.9. The van der Waals surface area contributed by atoms with Crippen molar-refractivity contribution in [3.63, 3.8) is 0 Å². The number of carbonyl (C=O) groups excluding carboxylic acids is 2. The number of hydrogen-bond donors (Lipinski definition) is 1. The zero-order valence-corrected chi connectivity index (χ0v) is 18.6. The Hall–Kier alpha value is -3.12. The number of halogens is 1. The van der Waals surface area contributed by atoms with Crippen molar-refractivity contribution in [2.45, 2.75) is 33.1 Å². The van der Waals surface area contributed by atoms with Crippen LogP contribution < -0.4 is 5.32 Å². The van der Waals surface area contributed by atoms with Crippen molar-refractivity contribution in [2.24, 2.45) is 0 Å². The topological polar surface area (TPSA) is 73.2 Å². The van der Waals surface area contributed by atoms with Crippen molar-refractivity contribution in [2.75, 3.05) is 13.2 Å². The van der Waals surface area contributed by atoms with Crippen LogP contribution in [0.5, 0.6) is 0 Å². The molecule has 1 aromatic heterocycles. The summed E-state index contributed by atoms with van der Waals surface area (Å²) in [7, 11) is 0. The molecule has 31 heavy (non-hydrogen) atoms. The molecule has 0 saturated heterocycles. The first-order valence-corrected chi connectivity index (χ1v) is 10.7. The molecule has 0 aliphatic heterocycles. The maximum Gasteiger partial charge on any atom is 0.358 e. The summed E-state index contributed by atoms with van der Waals surface area (Å²) in [4.78, 5) is 24.5. The second-order valence-electron chi connectivity index (χ2n) is 7.42. The Labute approximate surface area is 187 Å². The smallest absolute Gasteiger partial charge is 0.358 e. The summed E-state index contributed by atoms with van der Waals surface area (Å²) in [5, 5.41) is 8.02. The van der Waals surface area contributed by atoms with E-state index in [4.69, 9.17) is 16.3 Å². The predicted octanol–water partition coefficient (Wildman–Crippen LogP) is 4.80. The number of nitrogens with one attached hydrogen (secondary N) is 1. The average Bonchev–Trinajstić information content (AvgIpc) is 3.20. The van der Waals surface area contributed by atoms with E-state index in [0.717, 1.165) is 16.9 Å². The van der Waals surface area contributed by atoms with Crippen LogP contribution >= 0.6 is 11.6 Å². The highest BCUT2D eigenvalue weighted by molar-refractivity contribution is 6.30. The van der Waals surface area contributed by atoms with Gasteiger partial charge in [-0.2, -0.15) is 5.10 Å².